The van der Waals surface area contributed by atoms with Gasteiger partial charge in [-0.15, -0.1) is 11.3 Å². The van der Waals surface area contributed by atoms with E-state index in [1.54, 1.807) is 19.9 Å². The lowest BCUT2D eigenvalue weighted by Crippen LogP contribution is -2.20. The van der Waals surface area contributed by atoms with Crippen molar-refractivity contribution < 1.29 is 14.1 Å². The van der Waals surface area contributed by atoms with E-state index in [4.69, 9.17) is 0 Å². The molecule has 0 spiro atoms. The van der Waals surface area contributed by atoms with Gasteiger partial charge in [0.1, 0.15) is 11.4 Å². The van der Waals surface area contributed by atoms with E-state index in [9.17, 15) is 19.3 Å². The summed E-state index contributed by atoms with van der Waals surface area (Å²) in [4.78, 5) is 22.7. The Balaban J connectivity index is 1.88. The summed E-state index contributed by atoms with van der Waals surface area (Å²) in [5.74, 6) is -0.367. The van der Waals surface area contributed by atoms with Crippen LogP contribution in [0.4, 0.5) is 10.1 Å². The molecule has 1 amide bonds. The maximum Gasteiger partial charge on any atom is 0.312 e. The Bertz CT molecular complexity index is 768. The third-order valence-corrected chi connectivity index (χ3v) is 3.86. The van der Waals surface area contributed by atoms with E-state index in [0.29, 0.717) is 16.3 Å². The fourth-order valence-corrected chi connectivity index (χ4v) is 2.60. The minimum absolute atomic E-state index is 0.0387. The van der Waals surface area contributed by atoms with Crippen LogP contribution in [0.15, 0.2) is 17.2 Å². The van der Waals surface area contributed by atoms with Gasteiger partial charge in [-0.05, 0) is 26.0 Å². The zero-order chi connectivity index (χ0) is 17.0. The fraction of sp³-hybridized carbons (Fsp3) is 0.308. The molecule has 0 radical (unpaired) electrons. The predicted octanol–water partition coefficient (Wildman–Crippen LogP) is 2.15. The van der Waals surface area contributed by atoms with Gasteiger partial charge in [-0.1, -0.05) is 0 Å². The van der Waals surface area contributed by atoms with Crippen molar-refractivity contribution >= 4 is 29.1 Å². The van der Waals surface area contributed by atoms with Gasteiger partial charge in [0.25, 0.3) is 0 Å². The highest BCUT2D eigenvalue weighted by Crippen LogP contribution is 2.21. The molecule has 10 heteroatoms. The maximum absolute atomic E-state index is 12.8. The number of halogens is 1. The summed E-state index contributed by atoms with van der Waals surface area (Å²) in [6, 6.07) is 2.86. The summed E-state index contributed by atoms with van der Waals surface area (Å²) in [5, 5.41) is 18.3. The lowest BCUT2D eigenvalue weighted by Gasteiger charge is -2.02. The van der Waals surface area contributed by atoms with E-state index >= 15 is 0 Å². The number of nitro groups is 1. The predicted molar refractivity (Wildman–Crippen MR) is 83.0 cm³/mol. The van der Waals surface area contributed by atoms with Gasteiger partial charge in [0, 0.05) is 6.42 Å². The molecule has 0 aliphatic carbocycles. The van der Waals surface area contributed by atoms with Crippen molar-refractivity contribution in [2.75, 3.05) is 0 Å². The molecular weight excluding hydrogens is 325 g/mol. The smallest absolute Gasteiger partial charge is 0.273 e. The number of nitrogens with one attached hydrogen (secondary N) is 1. The van der Waals surface area contributed by atoms with E-state index in [0.717, 1.165) is 11.3 Å². The second-order valence-corrected chi connectivity index (χ2v) is 5.75. The molecule has 122 valence electrons. The maximum atomic E-state index is 12.8. The van der Waals surface area contributed by atoms with Crippen molar-refractivity contribution in [1.82, 2.24) is 15.2 Å². The van der Waals surface area contributed by atoms with Crippen LogP contribution in [0.2, 0.25) is 0 Å². The standard InChI is InChI=1S/C13H14FN5O3S/c1-8-13(19(21)22)9(2)18(17-8)6-5-12(20)16-15-7-10-3-4-11(14)23-10/h3-4,7H,5-6H2,1-2H3,(H,16,20)/b15-7+. The molecule has 0 aliphatic rings. The molecule has 0 atom stereocenters. The number of hydrogen-bond acceptors (Lipinski definition) is 6. The molecule has 0 bridgehead atoms. The lowest BCUT2D eigenvalue weighted by molar-refractivity contribution is -0.386. The molecule has 23 heavy (non-hydrogen) atoms. The summed E-state index contributed by atoms with van der Waals surface area (Å²) >= 11 is 0.913. The van der Waals surface area contributed by atoms with Crippen LogP contribution in [0.25, 0.3) is 0 Å². The van der Waals surface area contributed by atoms with Gasteiger partial charge < -0.3 is 0 Å². The average molecular weight is 339 g/mol. The quantitative estimate of drug-likeness (QED) is 0.495. The van der Waals surface area contributed by atoms with Crippen LogP contribution in [0.1, 0.15) is 22.7 Å². The molecular formula is C13H14FN5O3S. The topological polar surface area (TPSA) is 102 Å². The van der Waals surface area contributed by atoms with Crippen molar-refractivity contribution in [3.8, 4) is 0 Å². The molecule has 8 nitrogen and oxygen atoms in total. The summed E-state index contributed by atoms with van der Waals surface area (Å²) in [6.07, 6.45) is 1.41. The van der Waals surface area contributed by atoms with Crippen molar-refractivity contribution in [2.24, 2.45) is 5.10 Å². The van der Waals surface area contributed by atoms with Crippen LogP contribution in [0.5, 0.6) is 0 Å². The highest BCUT2D eigenvalue weighted by molar-refractivity contribution is 7.12. The Morgan fingerprint density at radius 2 is 2.30 bits per heavy atom. The van der Waals surface area contributed by atoms with E-state index in [-0.39, 0.29) is 29.7 Å². The minimum Gasteiger partial charge on any atom is -0.273 e. The first-order chi connectivity index (χ1) is 10.9. The summed E-state index contributed by atoms with van der Waals surface area (Å²) in [6.45, 7) is 3.33. The molecule has 0 saturated carbocycles. The third-order valence-electron chi connectivity index (χ3n) is 3.05. The number of aryl methyl sites for hydroxylation is 2. The van der Waals surface area contributed by atoms with Gasteiger partial charge in [-0.25, -0.2) is 5.43 Å². The van der Waals surface area contributed by atoms with Gasteiger partial charge in [-0.3, -0.25) is 19.6 Å². The summed E-state index contributed by atoms with van der Waals surface area (Å²) in [7, 11) is 0. The number of aromatic nitrogens is 2. The van der Waals surface area contributed by atoms with E-state index in [1.807, 2.05) is 0 Å². The highest BCUT2D eigenvalue weighted by Gasteiger charge is 2.21. The van der Waals surface area contributed by atoms with Gasteiger partial charge in [0.05, 0.1) is 22.6 Å². The van der Waals surface area contributed by atoms with E-state index < -0.39 is 4.92 Å². The molecule has 2 rings (SSSR count). The van der Waals surface area contributed by atoms with Gasteiger partial charge >= 0.3 is 5.69 Å². The van der Waals surface area contributed by atoms with Crippen molar-refractivity contribution in [3.05, 3.63) is 43.6 Å². The van der Waals surface area contributed by atoms with E-state index in [2.05, 4.69) is 15.6 Å². The number of thiophene rings is 1. The average Bonchev–Trinajstić information content (AvgIpc) is 3.00. The number of amides is 1. The lowest BCUT2D eigenvalue weighted by atomic mass is 10.3. The number of carbonyl (C=O) groups excluding carboxylic acids is 1. The second kappa shape index (κ2) is 7.09. The first-order valence-corrected chi connectivity index (χ1v) is 7.45. The largest absolute Gasteiger partial charge is 0.312 e. The van der Waals surface area contributed by atoms with E-state index in [1.165, 1.54) is 17.0 Å². The number of hydrazone groups is 1. The molecule has 2 aromatic rings. The Kier molecular flexibility index (Phi) is 5.16. The van der Waals surface area contributed by atoms with Gasteiger partial charge in [-0.2, -0.15) is 14.6 Å². The Morgan fingerprint density at radius 3 is 2.87 bits per heavy atom. The van der Waals surface area contributed by atoms with Crippen molar-refractivity contribution in [1.29, 1.82) is 0 Å². The van der Waals surface area contributed by atoms with Crippen molar-refractivity contribution in [3.63, 3.8) is 0 Å². The van der Waals surface area contributed by atoms with Crippen LogP contribution in [-0.2, 0) is 11.3 Å². The normalized spacial score (nSPS) is 11.1. The zero-order valence-electron chi connectivity index (χ0n) is 12.4. The van der Waals surface area contributed by atoms with Gasteiger partial charge in [0.2, 0.25) is 5.91 Å². The third kappa shape index (κ3) is 4.19. The molecule has 2 heterocycles. The van der Waals surface area contributed by atoms with Crippen LogP contribution in [-0.4, -0.2) is 26.8 Å². The Morgan fingerprint density at radius 1 is 1.57 bits per heavy atom. The monoisotopic (exact) mass is 339 g/mol. The molecule has 0 unspecified atom stereocenters. The first kappa shape index (κ1) is 16.7. The van der Waals surface area contributed by atoms with Crippen molar-refractivity contribution in [2.45, 2.75) is 26.8 Å². The van der Waals surface area contributed by atoms with Crippen LogP contribution in [0.3, 0.4) is 0 Å². The Labute approximate surface area is 134 Å². The molecule has 0 saturated heterocycles. The number of rotatable bonds is 6. The van der Waals surface area contributed by atoms with Crippen LogP contribution in [0, 0.1) is 29.1 Å². The number of carbonyl (C=O) groups is 1. The molecule has 0 fully saturated rings. The number of hydrogen-bond donors (Lipinski definition) is 1. The molecule has 1 N–H and O–H groups in total. The molecule has 0 aliphatic heterocycles. The van der Waals surface area contributed by atoms with Crippen LogP contribution >= 0.6 is 11.3 Å². The second-order valence-electron chi connectivity index (χ2n) is 4.68. The SMILES string of the molecule is Cc1nn(CCC(=O)N/N=C/c2ccc(F)s2)c(C)c1[N+](=O)[O-]. The highest BCUT2D eigenvalue weighted by atomic mass is 32.1. The van der Waals surface area contributed by atoms with Crippen LogP contribution < -0.4 is 5.43 Å². The minimum atomic E-state index is -0.487. The summed E-state index contributed by atoms with van der Waals surface area (Å²) in [5.41, 5.74) is 2.99. The zero-order valence-corrected chi connectivity index (χ0v) is 13.3. The summed E-state index contributed by atoms with van der Waals surface area (Å²) < 4.78 is 14.2. The molecule has 0 aromatic carbocycles. The Hall–Kier alpha value is -2.62. The van der Waals surface area contributed by atoms with Gasteiger partial charge in [0.15, 0.2) is 5.13 Å². The fourth-order valence-electron chi connectivity index (χ4n) is 2.00. The first-order valence-electron chi connectivity index (χ1n) is 6.64. The molecule has 2 aromatic heterocycles. The number of nitrogens with zero attached hydrogens (tertiary/aromatic N) is 4.